The predicted molar refractivity (Wildman–Crippen MR) is 58.9 cm³/mol. The van der Waals surface area contributed by atoms with Gasteiger partial charge in [-0.1, -0.05) is 20.3 Å². The molecule has 0 heterocycles. The zero-order valence-corrected chi connectivity index (χ0v) is 9.79. The van der Waals surface area contributed by atoms with Crippen molar-refractivity contribution in [1.29, 1.82) is 0 Å². The third-order valence-electron chi connectivity index (χ3n) is 4.35. The molecule has 0 radical (unpaired) electrons. The van der Waals surface area contributed by atoms with Crippen LogP contribution in [0.3, 0.4) is 0 Å². The lowest BCUT2D eigenvalue weighted by molar-refractivity contribution is -0.134. The molecule has 1 amide bonds. The Kier molecular flexibility index (Phi) is 3.12. The van der Waals surface area contributed by atoms with Crippen molar-refractivity contribution < 1.29 is 9.90 Å². The third-order valence-corrected chi connectivity index (χ3v) is 4.35. The van der Waals surface area contributed by atoms with Gasteiger partial charge in [-0.25, -0.2) is 0 Å². The molecule has 1 rings (SSSR count). The molecular weight excluding hydrogens is 192 g/mol. The number of rotatable bonds is 4. The number of hydrogen-bond donors (Lipinski definition) is 3. The SMILES string of the molecule is CC(C)(C1CCC1)C(C)(N)C(O)C(N)=O. The van der Waals surface area contributed by atoms with Crippen LogP contribution in [0.15, 0.2) is 0 Å². The van der Waals surface area contributed by atoms with Crippen LogP contribution in [-0.2, 0) is 4.79 Å². The number of carbonyl (C=O) groups is 1. The maximum absolute atomic E-state index is 11.0. The minimum atomic E-state index is -1.28. The van der Waals surface area contributed by atoms with Crippen LogP contribution in [0, 0.1) is 11.3 Å². The molecule has 0 spiro atoms. The van der Waals surface area contributed by atoms with Crippen LogP contribution in [-0.4, -0.2) is 22.7 Å². The molecule has 4 heteroatoms. The first-order valence-electron chi connectivity index (χ1n) is 5.47. The Bertz CT molecular complexity index is 257. The topological polar surface area (TPSA) is 89.3 Å². The molecule has 0 aromatic carbocycles. The van der Waals surface area contributed by atoms with Crippen molar-refractivity contribution in [2.45, 2.75) is 51.7 Å². The summed E-state index contributed by atoms with van der Waals surface area (Å²) in [5, 5.41) is 9.76. The van der Waals surface area contributed by atoms with Crippen LogP contribution in [0.5, 0.6) is 0 Å². The first-order chi connectivity index (χ1) is 6.71. The average Bonchev–Trinajstić information content (AvgIpc) is 1.97. The molecule has 0 aromatic heterocycles. The fraction of sp³-hybridized carbons (Fsp3) is 0.909. The van der Waals surface area contributed by atoms with E-state index in [-0.39, 0.29) is 5.41 Å². The molecule has 1 saturated carbocycles. The lowest BCUT2D eigenvalue weighted by Crippen LogP contribution is -2.65. The van der Waals surface area contributed by atoms with Gasteiger partial charge in [-0.05, 0) is 31.1 Å². The normalized spacial score (nSPS) is 24.1. The van der Waals surface area contributed by atoms with E-state index in [9.17, 15) is 9.90 Å². The van der Waals surface area contributed by atoms with E-state index in [1.54, 1.807) is 6.92 Å². The van der Waals surface area contributed by atoms with Gasteiger partial charge >= 0.3 is 0 Å². The van der Waals surface area contributed by atoms with Crippen molar-refractivity contribution in [1.82, 2.24) is 0 Å². The van der Waals surface area contributed by atoms with E-state index in [1.807, 2.05) is 13.8 Å². The van der Waals surface area contributed by atoms with Gasteiger partial charge in [0.1, 0.15) is 0 Å². The number of primary amides is 1. The first kappa shape index (κ1) is 12.5. The molecule has 0 bridgehead atoms. The van der Waals surface area contributed by atoms with E-state index in [0.29, 0.717) is 5.92 Å². The van der Waals surface area contributed by atoms with Gasteiger partial charge in [0, 0.05) is 0 Å². The van der Waals surface area contributed by atoms with Crippen molar-refractivity contribution in [2.75, 3.05) is 0 Å². The van der Waals surface area contributed by atoms with Crippen LogP contribution in [0.25, 0.3) is 0 Å². The second kappa shape index (κ2) is 3.76. The van der Waals surface area contributed by atoms with Crippen LogP contribution in [0.4, 0.5) is 0 Å². The molecule has 1 fully saturated rings. The second-order valence-electron chi connectivity index (χ2n) is 5.44. The molecule has 0 saturated heterocycles. The molecular formula is C11H22N2O2. The van der Waals surface area contributed by atoms with Gasteiger partial charge in [-0.3, -0.25) is 4.79 Å². The fourth-order valence-electron chi connectivity index (χ4n) is 2.22. The second-order valence-corrected chi connectivity index (χ2v) is 5.44. The van der Waals surface area contributed by atoms with E-state index in [0.717, 1.165) is 12.8 Å². The Morgan fingerprint density at radius 3 is 2.13 bits per heavy atom. The predicted octanol–water partition coefficient (Wildman–Crippen LogP) is 0.376. The molecule has 5 N–H and O–H groups in total. The smallest absolute Gasteiger partial charge is 0.248 e. The standard InChI is InChI=1S/C11H22N2O2/c1-10(2,7-5-4-6-7)11(3,13)8(14)9(12)15/h7-8,14H,4-6,13H2,1-3H3,(H2,12,15). The molecule has 0 aliphatic heterocycles. The third kappa shape index (κ3) is 1.88. The van der Waals surface area contributed by atoms with Crippen molar-refractivity contribution in [3.63, 3.8) is 0 Å². The maximum atomic E-state index is 11.0. The van der Waals surface area contributed by atoms with Crippen molar-refractivity contribution >= 4 is 5.91 Å². The molecule has 0 aromatic rings. The minimum Gasteiger partial charge on any atom is -0.381 e. The Labute approximate surface area is 91.0 Å². The van der Waals surface area contributed by atoms with Crippen LogP contribution in [0.2, 0.25) is 0 Å². The molecule has 15 heavy (non-hydrogen) atoms. The van der Waals surface area contributed by atoms with Gasteiger partial charge in [0.15, 0.2) is 6.10 Å². The number of nitrogens with two attached hydrogens (primary N) is 2. The lowest BCUT2D eigenvalue weighted by atomic mass is 9.57. The summed E-state index contributed by atoms with van der Waals surface area (Å²) in [4.78, 5) is 11.0. The number of carbonyl (C=O) groups excluding carboxylic acids is 1. The van der Waals surface area contributed by atoms with E-state index < -0.39 is 17.6 Å². The van der Waals surface area contributed by atoms with E-state index in [1.165, 1.54) is 6.42 Å². The van der Waals surface area contributed by atoms with Crippen LogP contribution >= 0.6 is 0 Å². The summed E-state index contributed by atoms with van der Waals surface area (Å²) in [5.41, 5.74) is 9.96. The van der Waals surface area contributed by atoms with Crippen molar-refractivity contribution in [2.24, 2.45) is 22.8 Å². The molecule has 4 nitrogen and oxygen atoms in total. The minimum absolute atomic E-state index is 0.278. The number of hydrogen-bond acceptors (Lipinski definition) is 3. The van der Waals surface area contributed by atoms with E-state index in [4.69, 9.17) is 11.5 Å². The van der Waals surface area contributed by atoms with Gasteiger partial charge in [-0.2, -0.15) is 0 Å². The van der Waals surface area contributed by atoms with Gasteiger partial charge in [0.2, 0.25) is 5.91 Å². The highest BCUT2D eigenvalue weighted by Crippen LogP contribution is 2.48. The highest BCUT2D eigenvalue weighted by Gasteiger charge is 2.50. The maximum Gasteiger partial charge on any atom is 0.248 e. The summed E-state index contributed by atoms with van der Waals surface area (Å²) in [7, 11) is 0. The van der Waals surface area contributed by atoms with Gasteiger partial charge in [0.05, 0.1) is 5.54 Å². The largest absolute Gasteiger partial charge is 0.381 e. The van der Waals surface area contributed by atoms with Gasteiger partial charge in [-0.15, -0.1) is 0 Å². The average molecular weight is 214 g/mol. The highest BCUT2D eigenvalue weighted by atomic mass is 16.3. The summed E-state index contributed by atoms with van der Waals surface area (Å²) in [6.07, 6.45) is 2.15. The summed E-state index contributed by atoms with van der Waals surface area (Å²) in [6, 6.07) is 0. The van der Waals surface area contributed by atoms with Gasteiger partial charge < -0.3 is 16.6 Å². The molecule has 2 atom stereocenters. The zero-order valence-electron chi connectivity index (χ0n) is 9.79. The Morgan fingerprint density at radius 1 is 1.40 bits per heavy atom. The summed E-state index contributed by atoms with van der Waals surface area (Å²) < 4.78 is 0. The number of aliphatic hydroxyl groups excluding tert-OH is 1. The number of aliphatic hydroxyl groups is 1. The quantitative estimate of drug-likeness (QED) is 0.632. The molecule has 2 unspecified atom stereocenters. The summed E-state index contributed by atoms with van der Waals surface area (Å²) >= 11 is 0. The lowest BCUT2D eigenvalue weighted by Gasteiger charge is -2.51. The van der Waals surface area contributed by atoms with E-state index >= 15 is 0 Å². The monoisotopic (exact) mass is 214 g/mol. The number of amides is 1. The Hall–Kier alpha value is -0.610. The van der Waals surface area contributed by atoms with E-state index in [2.05, 4.69) is 0 Å². The molecule has 1 aliphatic carbocycles. The Balaban J connectivity index is 2.86. The molecule has 1 aliphatic rings. The zero-order chi connectivity index (χ0) is 11.9. The van der Waals surface area contributed by atoms with Crippen molar-refractivity contribution in [3.05, 3.63) is 0 Å². The van der Waals surface area contributed by atoms with Crippen molar-refractivity contribution in [3.8, 4) is 0 Å². The summed E-state index contributed by atoms with van der Waals surface area (Å²) in [5.74, 6) is -0.270. The first-order valence-corrected chi connectivity index (χ1v) is 5.47. The fourth-order valence-corrected chi connectivity index (χ4v) is 2.22. The summed E-state index contributed by atoms with van der Waals surface area (Å²) in [6.45, 7) is 5.72. The highest BCUT2D eigenvalue weighted by molar-refractivity contribution is 5.80. The Morgan fingerprint density at radius 2 is 1.87 bits per heavy atom. The molecule has 88 valence electrons. The van der Waals surface area contributed by atoms with Crippen LogP contribution < -0.4 is 11.5 Å². The van der Waals surface area contributed by atoms with Gasteiger partial charge in [0.25, 0.3) is 0 Å². The van der Waals surface area contributed by atoms with Crippen LogP contribution in [0.1, 0.15) is 40.0 Å².